The van der Waals surface area contributed by atoms with Crippen LogP contribution in [0, 0.1) is 5.82 Å². The highest BCUT2D eigenvalue weighted by atomic mass is 35.5. The van der Waals surface area contributed by atoms with Crippen LogP contribution < -0.4 is 15.6 Å². The Hall–Kier alpha value is -2.60. The van der Waals surface area contributed by atoms with E-state index in [1.165, 1.54) is 16.7 Å². The zero-order valence-corrected chi connectivity index (χ0v) is 13.2. The first kappa shape index (κ1) is 15.3. The summed E-state index contributed by atoms with van der Waals surface area (Å²) in [6.45, 7) is 0. The van der Waals surface area contributed by atoms with Gasteiger partial charge in [0.25, 0.3) is 5.56 Å². The molecular weight excluding hydrogens is 321 g/mol. The minimum atomic E-state index is -0.643. The Kier molecular flexibility index (Phi) is 3.92. The van der Waals surface area contributed by atoms with Crippen molar-refractivity contribution in [1.29, 1.82) is 0 Å². The number of aromatic nitrogens is 2. The van der Waals surface area contributed by atoms with Crippen LogP contribution in [-0.4, -0.2) is 23.7 Å². The molecule has 2 heterocycles. The third-order valence-corrected chi connectivity index (χ3v) is 3.77. The lowest BCUT2D eigenvalue weighted by Crippen LogP contribution is -2.20. The molecule has 1 N–H and O–H groups in total. The quantitative estimate of drug-likeness (QED) is 0.748. The molecule has 0 saturated heterocycles. The maximum absolute atomic E-state index is 13.8. The Balaban J connectivity index is 2.37. The predicted octanol–water partition coefficient (Wildman–Crippen LogP) is 3.23. The lowest BCUT2D eigenvalue weighted by atomic mass is 10.2. The highest BCUT2D eigenvalue weighted by Crippen LogP contribution is 2.26. The van der Waals surface area contributed by atoms with E-state index in [4.69, 9.17) is 16.3 Å². The van der Waals surface area contributed by atoms with Gasteiger partial charge in [0, 0.05) is 18.5 Å². The van der Waals surface area contributed by atoms with E-state index in [9.17, 15) is 9.18 Å². The lowest BCUT2D eigenvalue weighted by molar-refractivity contribution is 0.414. The number of pyridine rings is 2. The molecule has 0 amide bonds. The van der Waals surface area contributed by atoms with Crippen LogP contribution in [0.15, 0.2) is 41.2 Å². The van der Waals surface area contributed by atoms with E-state index in [0.29, 0.717) is 22.5 Å². The van der Waals surface area contributed by atoms with Crippen LogP contribution >= 0.6 is 11.6 Å². The standard InChI is InChI=1S/C16H13ClFN3O2/c1-19-13-8-14(22)21(9-3-5-10(23-2)6-4-9)16-11(13)7-12(18)15(17)20-16/h3-8,19H,1-2H3. The van der Waals surface area contributed by atoms with Crippen molar-refractivity contribution in [3.05, 3.63) is 57.7 Å². The van der Waals surface area contributed by atoms with Crippen molar-refractivity contribution in [1.82, 2.24) is 9.55 Å². The van der Waals surface area contributed by atoms with Crippen molar-refractivity contribution < 1.29 is 9.13 Å². The third kappa shape index (κ3) is 2.61. The minimum absolute atomic E-state index is 0.276. The van der Waals surface area contributed by atoms with Crippen LogP contribution in [0.25, 0.3) is 16.7 Å². The zero-order valence-electron chi connectivity index (χ0n) is 12.4. The first-order chi connectivity index (χ1) is 11.0. The van der Waals surface area contributed by atoms with Crippen molar-refractivity contribution in [3.8, 4) is 11.4 Å². The van der Waals surface area contributed by atoms with Crippen molar-refractivity contribution in [3.63, 3.8) is 0 Å². The SMILES string of the molecule is CNc1cc(=O)n(-c2ccc(OC)cc2)c2nc(Cl)c(F)cc12. The maximum atomic E-state index is 13.8. The molecule has 0 spiro atoms. The molecule has 2 aromatic heterocycles. The fraction of sp³-hybridized carbons (Fsp3) is 0.125. The molecule has 0 unspecified atom stereocenters. The summed E-state index contributed by atoms with van der Waals surface area (Å²) >= 11 is 5.80. The summed E-state index contributed by atoms with van der Waals surface area (Å²) < 4.78 is 20.3. The average Bonchev–Trinajstić information content (AvgIpc) is 2.56. The number of nitrogens with one attached hydrogen (secondary N) is 1. The first-order valence-corrected chi connectivity index (χ1v) is 7.17. The highest BCUT2D eigenvalue weighted by Gasteiger charge is 2.14. The number of hydrogen-bond donors (Lipinski definition) is 1. The van der Waals surface area contributed by atoms with Gasteiger partial charge in [0.2, 0.25) is 0 Å². The number of fused-ring (bicyclic) bond motifs is 1. The van der Waals surface area contributed by atoms with Gasteiger partial charge in [-0.3, -0.25) is 9.36 Å². The van der Waals surface area contributed by atoms with Gasteiger partial charge in [-0.1, -0.05) is 11.6 Å². The van der Waals surface area contributed by atoms with E-state index < -0.39 is 5.82 Å². The molecular formula is C16H13ClFN3O2. The summed E-state index contributed by atoms with van der Waals surface area (Å²) in [5.74, 6) is 0.0191. The monoisotopic (exact) mass is 333 g/mol. The van der Waals surface area contributed by atoms with E-state index in [1.54, 1.807) is 38.4 Å². The van der Waals surface area contributed by atoms with E-state index in [-0.39, 0.29) is 16.4 Å². The lowest BCUT2D eigenvalue weighted by Gasteiger charge is -2.13. The molecule has 0 bridgehead atoms. The molecule has 0 atom stereocenters. The number of hydrogen-bond acceptors (Lipinski definition) is 4. The molecule has 118 valence electrons. The van der Waals surface area contributed by atoms with Gasteiger partial charge < -0.3 is 10.1 Å². The zero-order chi connectivity index (χ0) is 16.6. The number of nitrogens with zero attached hydrogens (tertiary/aromatic N) is 2. The maximum Gasteiger partial charge on any atom is 0.258 e. The van der Waals surface area contributed by atoms with E-state index in [2.05, 4.69) is 10.3 Å². The summed E-state index contributed by atoms with van der Waals surface area (Å²) in [4.78, 5) is 16.5. The number of rotatable bonds is 3. The van der Waals surface area contributed by atoms with Crippen molar-refractivity contribution in [2.45, 2.75) is 0 Å². The second kappa shape index (κ2) is 5.89. The molecule has 0 saturated carbocycles. The van der Waals surface area contributed by atoms with Crippen LogP contribution in [0.4, 0.5) is 10.1 Å². The van der Waals surface area contributed by atoms with Gasteiger partial charge in [0.05, 0.1) is 18.5 Å². The smallest absolute Gasteiger partial charge is 0.258 e. The fourth-order valence-corrected chi connectivity index (χ4v) is 2.52. The normalized spacial score (nSPS) is 10.8. The Morgan fingerprint density at radius 1 is 1.26 bits per heavy atom. The average molecular weight is 334 g/mol. The molecule has 0 aliphatic carbocycles. The van der Waals surface area contributed by atoms with Crippen LogP contribution in [0.3, 0.4) is 0 Å². The number of ether oxygens (including phenoxy) is 1. The van der Waals surface area contributed by atoms with Crippen molar-refractivity contribution in [2.75, 3.05) is 19.5 Å². The molecule has 3 aromatic rings. The Morgan fingerprint density at radius 2 is 1.96 bits per heavy atom. The largest absolute Gasteiger partial charge is 0.497 e. The van der Waals surface area contributed by atoms with Crippen LogP contribution in [0.5, 0.6) is 5.75 Å². The van der Waals surface area contributed by atoms with E-state index >= 15 is 0 Å². The van der Waals surface area contributed by atoms with E-state index in [0.717, 1.165) is 0 Å². The summed E-state index contributed by atoms with van der Waals surface area (Å²) in [6.07, 6.45) is 0. The van der Waals surface area contributed by atoms with Gasteiger partial charge in [-0.25, -0.2) is 9.37 Å². The fourth-order valence-electron chi connectivity index (χ4n) is 2.38. The molecule has 1 aromatic carbocycles. The number of anilines is 1. The molecule has 0 aliphatic heterocycles. The third-order valence-electron chi connectivity index (χ3n) is 3.50. The number of benzene rings is 1. The summed E-state index contributed by atoms with van der Waals surface area (Å²) in [7, 11) is 3.21. The molecule has 23 heavy (non-hydrogen) atoms. The van der Waals surface area contributed by atoms with Gasteiger partial charge in [-0.15, -0.1) is 0 Å². The Labute approximate surface area is 136 Å². The molecule has 7 heteroatoms. The van der Waals surface area contributed by atoms with Gasteiger partial charge in [0.1, 0.15) is 5.75 Å². The van der Waals surface area contributed by atoms with Crippen molar-refractivity contribution in [2.24, 2.45) is 0 Å². The van der Waals surface area contributed by atoms with Gasteiger partial charge in [0.15, 0.2) is 16.6 Å². The van der Waals surface area contributed by atoms with Gasteiger partial charge in [-0.2, -0.15) is 0 Å². The minimum Gasteiger partial charge on any atom is -0.497 e. The highest BCUT2D eigenvalue weighted by molar-refractivity contribution is 6.30. The number of methoxy groups -OCH3 is 1. The second-order valence-corrected chi connectivity index (χ2v) is 5.17. The van der Waals surface area contributed by atoms with Crippen LogP contribution in [0.2, 0.25) is 5.15 Å². The summed E-state index contributed by atoms with van der Waals surface area (Å²) in [6, 6.07) is 9.54. The van der Waals surface area contributed by atoms with Crippen LogP contribution in [0.1, 0.15) is 0 Å². The summed E-state index contributed by atoms with van der Waals surface area (Å²) in [5, 5.41) is 3.05. The number of halogens is 2. The van der Waals surface area contributed by atoms with E-state index in [1.807, 2.05) is 0 Å². The second-order valence-electron chi connectivity index (χ2n) is 4.81. The molecule has 0 aliphatic rings. The Morgan fingerprint density at radius 3 is 2.57 bits per heavy atom. The summed E-state index contributed by atoms with van der Waals surface area (Å²) in [5.41, 5.74) is 1.04. The van der Waals surface area contributed by atoms with Gasteiger partial charge >= 0.3 is 0 Å². The first-order valence-electron chi connectivity index (χ1n) is 6.79. The molecule has 0 radical (unpaired) electrons. The molecule has 3 rings (SSSR count). The Bertz CT molecular complexity index is 939. The molecule has 0 fully saturated rings. The van der Waals surface area contributed by atoms with Crippen molar-refractivity contribution >= 4 is 28.3 Å². The molecule has 5 nitrogen and oxygen atoms in total. The van der Waals surface area contributed by atoms with Crippen LogP contribution in [-0.2, 0) is 0 Å². The van der Waals surface area contributed by atoms with Gasteiger partial charge in [-0.05, 0) is 30.3 Å². The predicted molar refractivity (Wildman–Crippen MR) is 88.4 cm³/mol. The topological polar surface area (TPSA) is 56.2 Å².